The second-order valence-electron chi connectivity index (χ2n) is 17.1. The number of carbonyl (C=O) groups excluding carboxylic acids is 1. The van der Waals surface area contributed by atoms with Gasteiger partial charge in [-0.25, -0.2) is 30.3 Å². The zero-order chi connectivity index (χ0) is 46.9. The summed E-state index contributed by atoms with van der Waals surface area (Å²) in [6, 6.07) is 17.1. The highest BCUT2D eigenvalue weighted by atomic mass is 32.2. The van der Waals surface area contributed by atoms with E-state index in [9.17, 15) is 48.7 Å². The highest BCUT2D eigenvalue weighted by Crippen LogP contribution is 2.41. The number of aliphatic hydroxyl groups is 1. The molecule has 1 atom stereocenters. The second-order valence-corrected chi connectivity index (χ2v) is 21.8. The van der Waals surface area contributed by atoms with Crippen LogP contribution in [0.1, 0.15) is 62.7 Å². The summed E-state index contributed by atoms with van der Waals surface area (Å²) in [5.74, 6) is -0.766. The van der Waals surface area contributed by atoms with E-state index >= 15 is 0 Å². The Bertz CT molecular complexity index is 2320. The van der Waals surface area contributed by atoms with Gasteiger partial charge in [-0.3, -0.25) is 9.69 Å². The molecule has 1 saturated heterocycles. The summed E-state index contributed by atoms with van der Waals surface area (Å²) in [5.41, 5.74) is -2.89. The van der Waals surface area contributed by atoms with E-state index in [2.05, 4.69) is 35.5 Å². The van der Waals surface area contributed by atoms with Gasteiger partial charge in [-0.05, 0) is 118 Å². The van der Waals surface area contributed by atoms with Gasteiger partial charge >= 0.3 is 5.51 Å². The van der Waals surface area contributed by atoms with Gasteiger partial charge in [0.05, 0.1) is 17.2 Å². The van der Waals surface area contributed by atoms with Crippen LogP contribution in [0.25, 0.3) is 0 Å². The minimum Gasteiger partial charge on any atom is -0.395 e. The number of sulfone groups is 1. The number of thioether (sulfide) groups is 1. The number of hydrogen-bond acceptors (Lipinski definition) is 11. The fourth-order valence-electron chi connectivity index (χ4n) is 7.76. The molecule has 5 rings (SSSR count). The molecule has 0 bridgehead atoms. The number of nitrogens with zero attached hydrogens (tertiary/aromatic N) is 3. The van der Waals surface area contributed by atoms with Gasteiger partial charge in [0.15, 0.2) is 0 Å². The molecule has 0 aromatic heterocycles. The maximum Gasteiger partial charge on any atom is 0.501 e. The van der Waals surface area contributed by atoms with E-state index in [1.54, 1.807) is 24.1 Å². The van der Waals surface area contributed by atoms with E-state index in [1.807, 2.05) is 35.1 Å². The van der Waals surface area contributed by atoms with E-state index in [4.69, 9.17) is 0 Å². The molecule has 64 heavy (non-hydrogen) atoms. The van der Waals surface area contributed by atoms with Gasteiger partial charge in [-0.15, -0.1) is 11.8 Å². The van der Waals surface area contributed by atoms with Crippen LogP contribution in [0.2, 0.25) is 0 Å². The lowest BCUT2D eigenvalue weighted by Crippen LogP contribution is -2.47. The number of carbonyl (C=O) groups is 1. The van der Waals surface area contributed by atoms with Crippen LogP contribution >= 0.6 is 11.8 Å². The second kappa shape index (κ2) is 22.0. The Morgan fingerprint density at radius 1 is 0.953 bits per heavy atom. The first-order valence-corrected chi connectivity index (χ1v) is 25.0. The number of rotatable bonds is 21. The van der Waals surface area contributed by atoms with Crippen molar-refractivity contribution in [3.63, 3.8) is 0 Å². The highest BCUT2D eigenvalue weighted by molar-refractivity contribution is 7.99. The van der Waals surface area contributed by atoms with Crippen molar-refractivity contribution in [3.05, 3.63) is 102 Å². The zero-order valence-corrected chi connectivity index (χ0v) is 38.8. The van der Waals surface area contributed by atoms with Crippen LogP contribution in [-0.2, 0) is 19.9 Å². The predicted octanol–water partition coefficient (Wildman–Crippen LogP) is 8.22. The summed E-state index contributed by atoms with van der Waals surface area (Å²) in [6.45, 7) is 12.1. The van der Waals surface area contributed by atoms with Crippen molar-refractivity contribution >= 4 is 48.9 Å². The van der Waals surface area contributed by atoms with Gasteiger partial charge in [0.2, 0.25) is 0 Å². The maximum atomic E-state index is 14.1. The van der Waals surface area contributed by atoms with Crippen LogP contribution in [0.15, 0.2) is 111 Å². The number of benzene rings is 3. The van der Waals surface area contributed by atoms with Crippen molar-refractivity contribution < 1.29 is 48.7 Å². The Labute approximate surface area is 378 Å². The van der Waals surface area contributed by atoms with E-state index < -0.39 is 59.2 Å². The van der Waals surface area contributed by atoms with Gasteiger partial charge in [0.1, 0.15) is 4.90 Å². The molecule has 2 aliphatic rings. The summed E-state index contributed by atoms with van der Waals surface area (Å²) in [7, 11) is -9.22. The number of allylic oxidation sites excluding steroid dienone is 2. The molecule has 3 aromatic carbocycles. The summed E-state index contributed by atoms with van der Waals surface area (Å²) < 4.78 is 123. The molecular weight excluding hydrogens is 898 g/mol. The SMILES string of the molecule is C=C(CCC1=C(CN2CCN(c3ccc(C(=O)NS(=O)(=O)c4ccc(N[C@H](CCN(C)CCO)CSc5ccccc5)c(S(=O)(=O)C(F)(F)F)c4)cc3)CC2)CCC(C)(C)C1)C(F)F. The van der Waals surface area contributed by atoms with E-state index in [-0.39, 0.29) is 29.6 Å². The molecule has 3 aromatic rings. The summed E-state index contributed by atoms with van der Waals surface area (Å²) in [4.78, 5) is 18.2. The lowest BCUT2D eigenvalue weighted by molar-refractivity contribution is -0.0435. The smallest absolute Gasteiger partial charge is 0.395 e. The lowest BCUT2D eigenvalue weighted by atomic mass is 9.73. The maximum absolute atomic E-state index is 14.1. The molecule has 0 unspecified atom stereocenters. The molecular formula is C45H58F5N5O6S3. The van der Waals surface area contributed by atoms with Crippen molar-refractivity contribution in [1.29, 1.82) is 0 Å². The third kappa shape index (κ3) is 14.0. The Kier molecular flexibility index (Phi) is 17.5. The molecule has 11 nitrogen and oxygen atoms in total. The van der Waals surface area contributed by atoms with Crippen molar-refractivity contribution in [3.8, 4) is 0 Å². The first-order chi connectivity index (χ1) is 30.1. The molecule has 0 radical (unpaired) electrons. The van der Waals surface area contributed by atoms with E-state index in [0.717, 1.165) is 61.6 Å². The van der Waals surface area contributed by atoms with Crippen molar-refractivity contribution in [2.75, 3.05) is 75.4 Å². The van der Waals surface area contributed by atoms with Crippen molar-refractivity contribution in [1.82, 2.24) is 14.5 Å². The van der Waals surface area contributed by atoms with Crippen LogP contribution in [0.3, 0.4) is 0 Å². The number of piperazine rings is 1. The number of nitrogens with one attached hydrogen (secondary N) is 2. The van der Waals surface area contributed by atoms with Crippen LogP contribution in [0, 0.1) is 5.41 Å². The molecule has 1 aliphatic carbocycles. The van der Waals surface area contributed by atoms with Crippen LogP contribution in [0.5, 0.6) is 0 Å². The molecule has 352 valence electrons. The van der Waals surface area contributed by atoms with Gasteiger partial charge in [-0.1, -0.05) is 49.8 Å². The highest BCUT2D eigenvalue weighted by Gasteiger charge is 2.48. The third-order valence-corrected chi connectivity index (χ3v) is 15.6. The van der Waals surface area contributed by atoms with Gasteiger partial charge < -0.3 is 20.2 Å². The zero-order valence-electron chi connectivity index (χ0n) is 36.3. The van der Waals surface area contributed by atoms with Crippen LogP contribution in [-0.4, -0.2) is 121 Å². The van der Waals surface area contributed by atoms with Gasteiger partial charge in [0, 0.05) is 67.2 Å². The van der Waals surface area contributed by atoms with Gasteiger partial charge in [0.25, 0.3) is 32.2 Å². The number of amides is 1. The molecule has 0 spiro atoms. The third-order valence-electron chi connectivity index (χ3n) is 11.6. The molecule has 3 N–H and O–H groups in total. The topological polar surface area (TPSA) is 139 Å². The standard InChI is InChI=1S/C45H58F5N5O6S3/c1-32(42(46)47)10-11-34-29-44(2,3)20-18-35(34)30-54-22-24-55(25-23-54)37-14-12-33(13-15-37)43(57)52-64(60,61)39-16-17-40(41(28-39)63(58,59)45(48,49)50)51-36(19-21-53(4)26-27-56)31-62-38-8-6-5-7-9-38/h5-9,12-17,28,36,42,51,56H,1,10-11,18-27,29-31H2,2-4H3,(H,52,57)/t36-/m1/s1. The number of halogens is 5. The Balaban J connectivity index is 1.26. The number of alkyl halides is 5. The van der Waals surface area contributed by atoms with Gasteiger partial charge in [-0.2, -0.15) is 13.2 Å². The quantitative estimate of drug-likeness (QED) is 0.0541. The number of anilines is 2. The molecule has 19 heteroatoms. The first kappa shape index (κ1) is 51.0. The molecule has 1 heterocycles. The van der Waals surface area contributed by atoms with Crippen LogP contribution in [0.4, 0.5) is 33.3 Å². The summed E-state index contributed by atoms with van der Waals surface area (Å²) in [6.07, 6.45) is 1.45. The normalized spacial score (nSPS) is 16.9. The summed E-state index contributed by atoms with van der Waals surface area (Å²) in [5, 5.41) is 12.2. The number of aliphatic hydroxyl groups excluding tert-OH is 1. The number of hydrogen-bond donors (Lipinski definition) is 3. The minimum atomic E-state index is -6.09. The lowest BCUT2D eigenvalue weighted by Gasteiger charge is -2.39. The average Bonchev–Trinajstić information content (AvgIpc) is 3.24. The molecule has 1 amide bonds. The minimum absolute atomic E-state index is 0.0435. The fraction of sp³-hybridized carbons (Fsp3) is 0.489. The monoisotopic (exact) mass is 955 g/mol. The fourth-order valence-corrected chi connectivity index (χ4v) is 10.8. The number of sulfonamides is 1. The van der Waals surface area contributed by atoms with Crippen LogP contribution < -0.4 is 14.9 Å². The largest absolute Gasteiger partial charge is 0.501 e. The number of likely N-dealkylation sites (N-methyl/N-ethyl adjacent to an activating group) is 1. The molecule has 1 aliphatic heterocycles. The first-order valence-electron chi connectivity index (χ1n) is 21.1. The Morgan fingerprint density at radius 3 is 2.25 bits per heavy atom. The predicted molar refractivity (Wildman–Crippen MR) is 242 cm³/mol. The van der Waals surface area contributed by atoms with E-state index in [1.165, 1.54) is 35.0 Å². The van der Waals surface area contributed by atoms with E-state index in [0.29, 0.717) is 50.8 Å². The Hall–Kier alpha value is -4.01. The molecule has 0 saturated carbocycles. The van der Waals surface area contributed by atoms with Crippen molar-refractivity contribution in [2.24, 2.45) is 5.41 Å². The van der Waals surface area contributed by atoms with Crippen molar-refractivity contribution in [2.45, 2.75) is 85.0 Å². The average molecular weight is 956 g/mol. The Morgan fingerprint density at radius 2 is 1.62 bits per heavy atom. The summed E-state index contributed by atoms with van der Waals surface area (Å²) >= 11 is 1.39. The molecule has 1 fully saturated rings.